The maximum atomic E-state index is 12.6. The highest BCUT2D eigenvalue weighted by molar-refractivity contribution is 5.89. The van der Waals surface area contributed by atoms with Gasteiger partial charge in [-0.2, -0.15) is 18.4 Å². The second-order valence-electron chi connectivity index (χ2n) is 6.80. The van der Waals surface area contributed by atoms with E-state index in [1.165, 1.54) is 6.07 Å². The minimum atomic E-state index is -4.43. The number of aromatic nitrogens is 1. The molecular formula is C16H17F3N2O. The first-order chi connectivity index (χ1) is 9.99. The Hall–Kier alpha value is -1.90. The molecule has 1 aromatic heterocycles. The lowest BCUT2D eigenvalue weighted by atomic mass is 9.59. The van der Waals surface area contributed by atoms with E-state index in [0.717, 1.165) is 12.3 Å². The third-order valence-electron chi connectivity index (χ3n) is 4.34. The fourth-order valence-electron chi connectivity index (χ4n) is 3.37. The van der Waals surface area contributed by atoms with Crippen LogP contribution >= 0.6 is 0 Å². The summed E-state index contributed by atoms with van der Waals surface area (Å²) >= 11 is 0. The van der Waals surface area contributed by atoms with Crippen LogP contribution in [0.15, 0.2) is 18.3 Å². The minimum Gasteiger partial charge on any atom is -0.298 e. The highest BCUT2D eigenvalue weighted by atomic mass is 19.4. The van der Waals surface area contributed by atoms with Crippen molar-refractivity contribution in [2.24, 2.45) is 11.3 Å². The van der Waals surface area contributed by atoms with E-state index < -0.39 is 28.5 Å². The van der Waals surface area contributed by atoms with Crippen LogP contribution in [0.1, 0.15) is 44.9 Å². The minimum absolute atomic E-state index is 0.112. The lowest BCUT2D eigenvalue weighted by Crippen LogP contribution is -2.45. The van der Waals surface area contributed by atoms with Crippen LogP contribution in [0.5, 0.6) is 0 Å². The lowest BCUT2D eigenvalue weighted by Gasteiger charge is -2.43. The molecule has 1 fully saturated rings. The van der Waals surface area contributed by atoms with Crippen LogP contribution in [-0.4, -0.2) is 10.8 Å². The van der Waals surface area contributed by atoms with E-state index in [0.29, 0.717) is 12.1 Å². The van der Waals surface area contributed by atoms with Gasteiger partial charge in [0.2, 0.25) is 0 Å². The Morgan fingerprint density at radius 3 is 2.41 bits per heavy atom. The zero-order valence-corrected chi connectivity index (χ0v) is 12.7. The van der Waals surface area contributed by atoms with Gasteiger partial charge in [0, 0.05) is 22.7 Å². The number of carbonyl (C=O) groups is 1. The highest BCUT2D eigenvalue weighted by Crippen LogP contribution is 2.47. The maximum Gasteiger partial charge on any atom is 0.417 e. The van der Waals surface area contributed by atoms with Crippen molar-refractivity contribution in [1.29, 1.82) is 5.26 Å². The van der Waals surface area contributed by atoms with Gasteiger partial charge in [-0.3, -0.25) is 9.78 Å². The zero-order chi connectivity index (χ0) is 16.8. The van der Waals surface area contributed by atoms with Crippen LogP contribution in [0.2, 0.25) is 0 Å². The van der Waals surface area contributed by atoms with E-state index in [-0.39, 0.29) is 12.2 Å². The fourth-order valence-corrected chi connectivity index (χ4v) is 3.37. The van der Waals surface area contributed by atoms with Gasteiger partial charge in [0.25, 0.3) is 0 Å². The second kappa shape index (κ2) is 5.08. The molecule has 0 N–H and O–H groups in total. The molecule has 0 radical (unpaired) electrons. The van der Waals surface area contributed by atoms with Gasteiger partial charge in [-0.15, -0.1) is 0 Å². The van der Waals surface area contributed by atoms with Crippen molar-refractivity contribution in [2.75, 3.05) is 0 Å². The van der Waals surface area contributed by atoms with Crippen LogP contribution in [0.4, 0.5) is 13.2 Å². The summed E-state index contributed by atoms with van der Waals surface area (Å²) in [5.74, 6) is -0.864. The van der Waals surface area contributed by atoms with Crippen LogP contribution < -0.4 is 0 Å². The summed E-state index contributed by atoms with van der Waals surface area (Å²) in [6, 6.07) is 4.36. The Morgan fingerprint density at radius 2 is 1.95 bits per heavy atom. The molecule has 1 aromatic rings. The summed E-state index contributed by atoms with van der Waals surface area (Å²) in [7, 11) is 0. The van der Waals surface area contributed by atoms with Crippen molar-refractivity contribution in [3.8, 4) is 6.07 Å². The molecule has 1 aliphatic rings. The van der Waals surface area contributed by atoms with Crippen molar-refractivity contribution in [3.05, 3.63) is 29.6 Å². The second-order valence-corrected chi connectivity index (χ2v) is 6.80. The molecule has 22 heavy (non-hydrogen) atoms. The number of ketones is 1. The summed E-state index contributed by atoms with van der Waals surface area (Å²) in [4.78, 5) is 16.2. The SMILES string of the molecule is CC1(C)CC(C)(c2ccc(C(F)(F)F)cn2)C[C@@H](C#N)C1=O. The first-order valence-electron chi connectivity index (χ1n) is 6.97. The molecule has 3 nitrogen and oxygen atoms in total. The molecule has 0 spiro atoms. The van der Waals surface area contributed by atoms with Gasteiger partial charge >= 0.3 is 6.18 Å². The average molecular weight is 310 g/mol. The van der Waals surface area contributed by atoms with Gasteiger partial charge in [0.15, 0.2) is 5.78 Å². The summed E-state index contributed by atoms with van der Waals surface area (Å²) in [6.07, 6.45) is -2.88. The van der Waals surface area contributed by atoms with Gasteiger partial charge in [0.05, 0.1) is 11.6 Å². The van der Waals surface area contributed by atoms with E-state index in [1.807, 2.05) is 13.0 Å². The highest BCUT2D eigenvalue weighted by Gasteiger charge is 2.49. The van der Waals surface area contributed by atoms with E-state index in [1.54, 1.807) is 13.8 Å². The van der Waals surface area contributed by atoms with Crippen LogP contribution in [0.3, 0.4) is 0 Å². The third-order valence-corrected chi connectivity index (χ3v) is 4.34. The Labute approximate surface area is 127 Å². The standard InChI is InChI=1S/C16H17F3N2O/c1-14(2)9-15(3,6-10(7-20)13(14)22)12-5-4-11(8-21-12)16(17,18)19/h4-5,8,10H,6,9H2,1-3H3/t10-,15?/m0/s1. The predicted octanol–water partition coefficient (Wildman–Crippen LogP) is 3.89. The molecule has 6 heteroatoms. The monoisotopic (exact) mass is 310 g/mol. The van der Waals surface area contributed by atoms with Gasteiger partial charge in [-0.25, -0.2) is 0 Å². The molecule has 1 unspecified atom stereocenters. The van der Waals surface area contributed by atoms with Crippen molar-refractivity contribution in [2.45, 2.75) is 45.2 Å². The molecule has 0 bridgehead atoms. The third kappa shape index (κ3) is 2.85. The Morgan fingerprint density at radius 1 is 1.32 bits per heavy atom. The molecule has 1 saturated carbocycles. The lowest BCUT2D eigenvalue weighted by molar-refractivity contribution is -0.137. The maximum absolute atomic E-state index is 12.6. The van der Waals surface area contributed by atoms with Crippen molar-refractivity contribution < 1.29 is 18.0 Å². The number of Topliss-reactive ketones (excluding diaryl/α,β-unsaturated/α-hetero) is 1. The zero-order valence-electron chi connectivity index (χ0n) is 12.7. The number of alkyl halides is 3. The van der Waals surface area contributed by atoms with E-state index in [2.05, 4.69) is 4.98 Å². The summed E-state index contributed by atoms with van der Waals surface area (Å²) < 4.78 is 37.9. The van der Waals surface area contributed by atoms with Gasteiger partial charge in [-0.05, 0) is 25.0 Å². The van der Waals surface area contributed by atoms with Crippen LogP contribution in [-0.2, 0) is 16.4 Å². The van der Waals surface area contributed by atoms with E-state index in [4.69, 9.17) is 0 Å². The number of hydrogen-bond donors (Lipinski definition) is 0. The van der Waals surface area contributed by atoms with E-state index >= 15 is 0 Å². The number of carbonyl (C=O) groups excluding carboxylic acids is 1. The Bertz CT molecular complexity index is 628. The predicted molar refractivity (Wildman–Crippen MR) is 73.7 cm³/mol. The number of halogens is 3. The van der Waals surface area contributed by atoms with Gasteiger partial charge < -0.3 is 0 Å². The molecule has 118 valence electrons. The first kappa shape index (κ1) is 16.5. The quantitative estimate of drug-likeness (QED) is 0.791. The van der Waals surface area contributed by atoms with Crippen molar-refractivity contribution >= 4 is 5.78 Å². The Kier molecular flexibility index (Phi) is 3.80. The molecule has 0 amide bonds. The summed E-state index contributed by atoms with van der Waals surface area (Å²) in [5, 5.41) is 9.18. The molecule has 2 atom stereocenters. The molecule has 1 aliphatic carbocycles. The number of hydrogen-bond acceptors (Lipinski definition) is 3. The summed E-state index contributed by atoms with van der Waals surface area (Å²) in [6.45, 7) is 5.38. The number of nitriles is 1. The summed E-state index contributed by atoms with van der Waals surface area (Å²) in [5.41, 5.74) is -1.61. The average Bonchev–Trinajstić information content (AvgIpc) is 2.42. The van der Waals surface area contributed by atoms with E-state index in [9.17, 15) is 23.2 Å². The molecule has 0 aliphatic heterocycles. The van der Waals surface area contributed by atoms with Gasteiger partial charge in [-0.1, -0.05) is 20.8 Å². The smallest absolute Gasteiger partial charge is 0.298 e. The molecule has 1 heterocycles. The number of pyridine rings is 1. The van der Waals surface area contributed by atoms with Crippen molar-refractivity contribution in [1.82, 2.24) is 4.98 Å². The normalized spacial score (nSPS) is 28.2. The van der Waals surface area contributed by atoms with Gasteiger partial charge in [0.1, 0.15) is 5.92 Å². The molecule has 0 saturated heterocycles. The molecule has 0 aromatic carbocycles. The first-order valence-corrected chi connectivity index (χ1v) is 6.97. The number of rotatable bonds is 1. The topological polar surface area (TPSA) is 53.8 Å². The van der Waals surface area contributed by atoms with Crippen LogP contribution in [0.25, 0.3) is 0 Å². The fraction of sp³-hybridized carbons (Fsp3) is 0.562. The van der Waals surface area contributed by atoms with Crippen LogP contribution in [0, 0.1) is 22.7 Å². The molecule has 2 rings (SSSR count). The number of nitrogens with zero attached hydrogens (tertiary/aromatic N) is 2. The largest absolute Gasteiger partial charge is 0.417 e. The van der Waals surface area contributed by atoms with Crippen molar-refractivity contribution in [3.63, 3.8) is 0 Å². The Balaban J connectivity index is 2.38. The molecular weight excluding hydrogens is 293 g/mol.